The molecule has 1 N–H and O–H groups in total. The van der Waals surface area contributed by atoms with Crippen molar-refractivity contribution in [2.45, 2.75) is 30.7 Å². The summed E-state index contributed by atoms with van der Waals surface area (Å²) in [7, 11) is -2.20. The van der Waals surface area contributed by atoms with Crippen molar-refractivity contribution in [3.05, 3.63) is 41.8 Å². The number of nitrogens with one attached hydrogen (secondary N) is 1. The van der Waals surface area contributed by atoms with Gasteiger partial charge in [-0.2, -0.15) is 0 Å². The summed E-state index contributed by atoms with van der Waals surface area (Å²) in [6.45, 7) is 1.95. The van der Waals surface area contributed by atoms with E-state index in [2.05, 4.69) is 5.32 Å². The zero-order chi connectivity index (χ0) is 16.6. The molecule has 1 aromatic carbocycles. The SMILES string of the molecule is CCC[C@H](NC(=O)/C=C/S(=O)(=O)c1ccccc1)C(=S)OC. The van der Waals surface area contributed by atoms with Crippen molar-refractivity contribution in [1.29, 1.82) is 0 Å². The van der Waals surface area contributed by atoms with E-state index in [1.165, 1.54) is 19.2 Å². The molecule has 120 valence electrons. The van der Waals surface area contributed by atoms with Crippen LogP contribution in [0.2, 0.25) is 0 Å². The normalized spacial score (nSPS) is 12.8. The summed E-state index contributed by atoms with van der Waals surface area (Å²) in [6, 6.07) is 7.48. The van der Waals surface area contributed by atoms with Crippen LogP contribution in [0, 0.1) is 0 Å². The topological polar surface area (TPSA) is 72.5 Å². The maximum absolute atomic E-state index is 12.0. The second-order valence-electron chi connectivity index (χ2n) is 4.53. The molecule has 0 unspecified atom stereocenters. The standard InChI is InChI=1S/C15H19NO4S2/c1-3-7-13(15(21)20-2)16-14(17)10-11-22(18,19)12-8-5-4-6-9-12/h4-6,8-11,13H,3,7H2,1-2H3,(H,16,17)/b11-10+/t13-/m0/s1. The van der Waals surface area contributed by atoms with Crippen molar-refractivity contribution in [3.8, 4) is 0 Å². The number of carbonyl (C=O) groups excluding carboxylic acids is 1. The van der Waals surface area contributed by atoms with Crippen molar-refractivity contribution in [1.82, 2.24) is 5.32 Å². The number of sulfone groups is 1. The lowest BCUT2D eigenvalue weighted by atomic mass is 10.2. The molecule has 1 rings (SSSR count). The van der Waals surface area contributed by atoms with E-state index in [0.29, 0.717) is 6.42 Å². The first-order valence-corrected chi connectivity index (χ1v) is 8.72. The van der Waals surface area contributed by atoms with Crippen molar-refractivity contribution in [2.24, 2.45) is 0 Å². The zero-order valence-corrected chi connectivity index (χ0v) is 14.1. The van der Waals surface area contributed by atoms with E-state index in [4.69, 9.17) is 17.0 Å². The molecule has 0 heterocycles. The van der Waals surface area contributed by atoms with Gasteiger partial charge >= 0.3 is 0 Å². The van der Waals surface area contributed by atoms with Gasteiger partial charge in [0.05, 0.1) is 18.0 Å². The maximum Gasteiger partial charge on any atom is 0.245 e. The highest BCUT2D eigenvalue weighted by molar-refractivity contribution is 7.94. The number of rotatable bonds is 7. The van der Waals surface area contributed by atoms with Crippen LogP contribution in [0.15, 0.2) is 46.7 Å². The van der Waals surface area contributed by atoms with Gasteiger partial charge in [0.15, 0.2) is 14.9 Å². The molecule has 0 bridgehead atoms. The Morgan fingerprint density at radius 3 is 2.55 bits per heavy atom. The maximum atomic E-state index is 12.0. The van der Waals surface area contributed by atoms with Crippen molar-refractivity contribution in [3.63, 3.8) is 0 Å². The van der Waals surface area contributed by atoms with Crippen LogP contribution in [0.3, 0.4) is 0 Å². The first-order valence-electron chi connectivity index (χ1n) is 6.77. The number of carbonyl (C=O) groups is 1. The van der Waals surface area contributed by atoms with Crippen LogP contribution >= 0.6 is 12.2 Å². The van der Waals surface area contributed by atoms with Crippen LogP contribution in [-0.4, -0.2) is 32.5 Å². The Bertz CT molecular complexity index is 639. The molecular weight excluding hydrogens is 322 g/mol. The highest BCUT2D eigenvalue weighted by Crippen LogP contribution is 2.11. The first kappa shape index (κ1) is 18.3. The fourth-order valence-electron chi connectivity index (χ4n) is 1.74. The molecule has 0 saturated heterocycles. The van der Waals surface area contributed by atoms with Crippen LogP contribution in [0.1, 0.15) is 19.8 Å². The number of ether oxygens (including phenoxy) is 1. The van der Waals surface area contributed by atoms with Gasteiger partial charge in [0.2, 0.25) is 5.91 Å². The molecule has 0 aromatic heterocycles. The molecule has 7 heteroatoms. The Balaban J connectivity index is 2.77. The van der Waals surface area contributed by atoms with Crippen LogP contribution < -0.4 is 5.32 Å². The summed E-state index contributed by atoms with van der Waals surface area (Å²) in [5.41, 5.74) is 0. The van der Waals surface area contributed by atoms with Gasteiger partial charge in [0.1, 0.15) is 0 Å². The van der Waals surface area contributed by atoms with Gasteiger partial charge in [-0.05, 0) is 30.8 Å². The van der Waals surface area contributed by atoms with Crippen LogP contribution in [0.4, 0.5) is 0 Å². The van der Waals surface area contributed by atoms with Gasteiger partial charge in [0.25, 0.3) is 0 Å². The van der Waals surface area contributed by atoms with E-state index in [1.807, 2.05) is 6.92 Å². The lowest BCUT2D eigenvalue weighted by Gasteiger charge is -2.16. The predicted octanol–water partition coefficient (Wildman–Crippen LogP) is 2.23. The molecule has 0 radical (unpaired) electrons. The second-order valence-corrected chi connectivity index (χ2v) is 6.77. The average Bonchev–Trinajstić information content (AvgIpc) is 2.52. The summed E-state index contributed by atoms with van der Waals surface area (Å²) in [6.07, 6.45) is 2.42. The van der Waals surface area contributed by atoms with Crippen LogP contribution in [0.5, 0.6) is 0 Å². The molecule has 0 spiro atoms. The molecule has 1 aromatic rings. The van der Waals surface area contributed by atoms with Gasteiger partial charge < -0.3 is 10.1 Å². The minimum absolute atomic E-state index is 0.136. The zero-order valence-electron chi connectivity index (χ0n) is 12.5. The Kier molecular flexibility index (Phi) is 7.20. The molecule has 0 saturated carbocycles. The molecule has 0 aliphatic heterocycles. The summed E-state index contributed by atoms with van der Waals surface area (Å²) < 4.78 is 29.0. The van der Waals surface area contributed by atoms with Crippen molar-refractivity contribution >= 4 is 33.0 Å². The predicted molar refractivity (Wildman–Crippen MR) is 89.2 cm³/mol. The monoisotopic (exact) mass is 341 g/mol. The molecule has 1 amide bonds. The highest BCUT2D eigenvalue weighted by Gasteiger charge is 2.16. The molecule has 1 atom stereocenters. The molecule has 5 nitrogen and oxygen atoms in total. The Hall–Kier alpha value is -1.73. The van der Waals surface area contributed by atoms with E-state index in [1.54, 1.807) is 18.2 Å². The first-order chi connectivity index (χ1) is 10.4. The Morgan fingerprint density at radius 2 is 2.00 bits per heavy atom. The third-order valence-electron chi connectivity index (χ3n) is 2.85. The van der Waals surface area contributed by atoms with Crippen LogP contribution in [0.25, 0.3) is 0 Å². The van der Waals surface area contributed by atoms with Crippen molar-refractivity contribution < 1.29 is 17.9 Å². The van der Waals surface area contributed by atoms with Gasteiger partial charge in [-0.25, -0.2) is 8.42 Å². The van der Waals surface area contributed by atoms with Gasteiger partial charge in [-0.3, -0.25) is 4.79 Å². The molecule has 0 aliphatic rings. The van der Waals surface area contributed by atoms with E-state index < -0.39 is 21.8 Å². The van der Waals surface area contributed by atoms with E-state index in [0.717, 1.165) is 17.9 Å². The fourth-order valence-corrected chi connectivity index (χ4v) is 2.91. The number of hydrogen-bond donors (Lipinski definition) is 1. The summed E-state index contributed by atoms with van der Waals surface area (Å²) in [5, 5.41) is 3.79. The number of methoxy groups -OCH3 is 1. The fraction of sp³-hybridized carbons (Fsp3) is 0.333. The van der Waals surface area contributed by atoms with Gasteiger partial charge in [-0.15, -0.1) is 0 Å². The number of hydrogen-bond acceptors (Lipinski definition) is 5. The highest BCUT2D eigenvalue weighted by atomic mass is 32.2. The average molecular weight is 341 g/mol. The van der Waals surface area contributed by atoms with Crippen LogP contribution in [-0.2, 0) is 19.4 Å². The molecule has 22 heavy (non-hydrogen) atoms. The van der Waals surface area contributed by atoms with Gasteiger partial charge in [0, 0.05) is 11.5 Å². The largest absolute Gasteiger partial charge is 0.488 e. The van der Waals surface area contributed by atoms with Gasteiger partial charge in [-0.1, -0.05) is 31.5 Å². The quantitative estimate of drug-likeness (QED) is 0.608. The summed E-state index contributed by atoms with van der Waals surface area (Å²) in [5.74, 6) is -0.530. The third-order valence-corrected chi connectivity index (χ3v) is 4.72. The number of thiocarbonyl (C=S) groups is 1. The number of benzene rings is 1. The van der Waals surface area contributed by atoms with E-state index >= 15 is 0 Å². The Morgan fingerprint density at radius 1 is 1.36 bits per heavy atom. The summed E-state index contributed by atoms with van der Waals surface area (Å²) >= 11 is 5.02. The minimum Gasteiger partial charge on any atom is -0.488 e. The molecular formula is C15H19NO4S2. The third kappa shape index (κ3) is 5.57. The summed E-state index contributed by atoms with van der Waals surface area (Å²) in [4.78, 5) is 12.0. The minimum atomic E-state index is -3.63. The smallest absolute Gasteiger partial charge is 0.245 e. The van der Waals surface area contributed by atoms with E-state index in [9.17, 15) is 13.2 Å². The van der Waals surface area contributed by atoms with Crippen molar-refractivity contribution in [2.75, 3.05) is 7.11 Å². The molecule has 0 fully saturated rings. The molecule has 0 aliphatic carbocycles. The lowest BCUT2D eigenvalue weighted by Crippen LogP contribution is -2.39. The van der Waals surface area contributed by atoms with E-state index in [-0.39, 0.29) is 9.95 Å². The number of amides is 1. The lowest BCUT2D eigenvalue weighted by molar-refractivity contribution is -0.116. The second kappa shape index (κ2) is 8.65. The Labute approximate surface area is 136 Å².